The highest BCUT2D eigenvalue weighted by Gasteiger charge is 2.27. The Kier molecular flexibility index (Phi) is 4.10. The van der Waals surface area contributed by atoms with Crippen molar-refractivity contribution in [2.45, 2.75) is 20.1 Å². The molecule has 0 radical (unpaired) electrons. The maximum atomic E-state index is 6.05. The van der Waals surface area contributed by atoms with Gasteiger partial charge in [0.05, 0.1) is 11.4 Å². The fraction of sp³-hybridized carbons (Fsp3) is 0.238. The summed E-state index contributed by atoms with van der Waals surface area (Å²) >= 11 is 0. The number of para-hydroxylation sites is 4. The highest BCUT2D eigenvalue weighted by molar-refractivity contribution is 5.66. The SMILES string of the molecule is CCN1/C(=C\C=C\C2Oc3ccccc3N2CC)Oc2ccccc21. The minimum Gasteiger partial charge on any atom is -0.465 e. The van der Waals surface area contributed by atoms with Crippen LogP contribution in [-0.4, -0.2) is 19.3 Å². The van der Waals surface area contributed by atoms with Gasteiger partial charge in [0.1, 0.15) is 5.75 Å². The van der Waals surface area contributed by atoms with Crippen molar-refractivity contribution >= 4 is 11.4 Å². The molecule has 2 aliphatic heterocycles. The van der Waals surface area contributed by atoms with Gasteiger partial charge in [-0.1, -0.05) is 30.3 Å². The van der Waals surface area contributed by atoms with E-state index < -0.39 is 0 Å². The van der Waals surface area contributed by atoms with Crippen molar-refractivity contribution in [3.8, 4) is 11.5 Å². The molecule has 4 rings (SSSR count). The maximum Gasteiger partial charge on any atom is 0.200 e. The van der Waals surface area contributed by atoms with Gasteiger partial charge in [0.15, 0.2) is 12.0 Å². The molecule has 1 atom stereocenters. The third kappa shape index (κ3) is 2.74. The molecule has 0 bridgehead atoms. The van der Waals surface area contributed by atoms with E-state index in [2.05, 4.69) is 41.9 Å². The molecular weight excluding hydrogens is 312 g/mol. The minimum atomic E-state index is -0.0851. The average Bonchev–Trinajstić information content (AvgIpc) is 3.18. The number of rotatable bonds is 4. The predicted molar refractivity (Wildman–Crippen MR) is 101 cm³/mol. The second-order valence-corrected chi connectivity index (χ2v) is 5.97. The lowest BCUT2D eigenvalue weighted by molar-refractivity contribution is 0.275. The first-order valence-electron chi connectivity index (χ1n) is 8.77. The van der Waals surface area contributed by atoms with Crippen molar-refractivity contribution in [2.24, 2.45) is 0 Å². The fourth-order valence-electron chi connectivity index (χ4n) is 3.35. The lowest BCUT2D eigenvalue weighted by Gasteiger charge is -2.20. The summed E-state index contributed by atoms with van der Waals surface area (Å²) in [7, 11) is 0. The molecule has 25 heavy (non-hydrogen) atoms. The second kappa shape index (κ2) is 6.55. The van der Waals surface area contributed by atoms with E-state index in [1.807, 2.05) is 48.6 Å². The van der Waals surface area contributed by atoms with Crippen molar-refractivity contribution in [1.29, 1.82) is 0 Å². The van der Waals surface area contributed by atoms with Crippen LogP contribution in [0.3, 0.4) is 0 Å². The van der Waals surface area contributed by atoms with Gasteiger partial charge in [-0.2, -0.15) is 0 Å². The number of likely N-dealkylation sites (N-methyl/N-ethyl adjacent to an activating group) is 1. The molecule has 1 unspecified atom stereocenters. The van der Waals surface area contributed by atoms with Gasteiger partial charge in [-0.15, -0.1) is 0 Å². The Hall–Kier alpha value is -2.88. The average molecular weight is 334 g/mol. The molecule has 2 heterocycles. The third-order valence-electron chi connectivity index (χ3n) is 4.54. The molecule has 0 saturated heterocycles. The normalized spacial score (nSPS) is 19.9. The van der Waals surface area contributed by atoms with E-state index in [0.717, 1.165) is 41.8 Å². The monoisotopic (exact) mass is 334 g/mol. The zero-order valence-electron chi connectivity index (χ0n) is 14.6. The van der Waals surface area contributed by atoms with Gasteiger partial charge in [-0.05, 0) is 50.3 Å². The van der Waals surface area contributed by atoms with E-state index in [4.69, 9.17) is 9.47 Å². The summed E-state index contributed by atoms with van der Waals surface area (Å²) in [6, 6.07) is 16.3. The molecule has 4 heteroatoms. The van der Waals surface area contributed by atoms with E-state index in [1.165, 1.54) is 0 Å². The molecule has 0 spiro atoms. The van der Waals surface area contributed by atoms with Crippen LogP contribution < -0.4 is 19.3 Å². The second-order valence-electron chi connectivity index (χ2n) is 5.97. The predicted octanol–water partition coefficient (Wildman–Crippen LogP) is 4.55. The number of allylic oxidation sites excluding steroid dienone is 2. The van der Waals surface area contributed by atoms with Crippen LogP contribution in [0.15, 0.2) is 72.6 Å². The summed E-state index contributed by atoms with van der Waals surface area (Å²) in [5, 5.41) is 0. The van der Waals surface area contributed by atoms with Gasteiger partial charge in [0.2, 0.25) is 5.88 Å². The molecule has 2 aromatic carbocycles. The van der Waals surface area contributed by atoms with E-state index in [9.17, 15) is 0 Å². The molecule has 4 nitrogen and oxygen atoms in total. The number of fused-ring (bicyclic) bond motifs is 2. The highest BCUT2D eigenvalue weighted by atomic mass is 16.5. The molecule has 128 valence electrons. The van der Waals surface area contributed by atoms with Crippen molar-refractivity contribution in [1.82, 2.24) is 0 Å². The number of nitrogens with zero attached hydrogens (tertiary/aromatic N) is 2. The van der Waals surface area contributed by atoms with Crippen LogP contribution in [0.5, 0.6) is 11.5 Å². The van der Waals surface area contributed by atoms with E-state index >= 15 is 0 Å². The first-order valence-corrected chi connectivity index (χ1v) is 8.77. The van der Waals surface area contributed by atoms with E-state index in [-0.39, 0.29) is 6.23 Å². The standard InChI is InChI=1S/C21H22N2O2/c1-3-22-16-10-5-7-12-18(16)24-20(22)14-9-15-21-23(4-2)17-11-6-8-13-19(17)25-21/h5-15,20H,3-4H2,1-2H3/b14-9+,21-15+. The number of anilines is 2. The Bertz CT molecular complexity index is 828. The molecular formula is C21H22N2O2. The van der Waals surface area contributed by atoms with Gasteiger partial charge in [-0.25, -0.2) is 0 Å². The van der Waals surface area contributed by atoms with Gasteiger partial charge >= 0.3 is 0 Å². The largest absolute Gasteiger partial charge is 0.465 e. The number of hydrogen-bond acceptors (Lipinski definition) is 4. The summed E-state index contributed by atoms with van der Waals surface area (Å²) in [4.78, 5) is 4.41. The molecule has 0 aliphatic carbocycles. The lowest BCUT2D eigenvalue weighted by Crippen LogP contribution is -2.32. The van der Waals surface area contributed by atoms with Crippen LogP contribution in [0.25, 0.3) is 0 Å². The molecule has 0 aromatic heterocycles. The quantitative estimate of drug-likeness (QED) is 0.819. The van der Waals surface area contributed by atoms with Crippen molar-refractivity contribution < 1.29 is 9.47 Å². The molecule has 0 fully saturated rings. The van der Waals surface area contributed by atoms with Crippen LogP contribution in [0.4, 0.5) is 11.4 Å². The number of ether oxygens (including phenoxy) is 2. The molecule has 0 amide bonds. The van der Waals surface area contributed by atoms with Crippen LogP contribution in [0.1, 0.15) is 13.8 Å². The van der Waals surface area contributed by atoms with E-state index in [0.29, 0.717) is 0 Å². The van der Waals surface area contributed by atoms with Gasteiger partial charge in [0.25, 0.3) is 0 Å². The summed E-state index contributed by atoms with van der Waals surface area (Å²) in [5.41, 5.74) is 2.26. The van der Waals surface area contributed by atoms with E-state index in [1.54, 1.807) is 0 Å². The Morgan fingerprint density at radius 1 is 0.920 bits per heavy atom. The molecule has 0 N–H and O–H groups in total. The summed E-state index contributed by atoms with van der Waals surface area (Å²) in [6.45, 7) is 6.02. The highest BCUT2D eigenvalue weighted by Crippen LogP contribution is 2.39. The van der Waals surface area contributed by atoms with Crippen LogP contribution in [0, 0.1) is 0 Å². The van der Waals surface area contributed by atoms with Gasteiger partial charge in [0, 0.05) is 13.1 Å². The fourth-order valence-corrected chi connectivity index (χ4v) is 3.35. The Morgan fingerprint density at radius 2 is 1.64 bits per heavy atom. The minimum absolute atomic E-state index is 0.0851. The van der Waals surface area contributed by atoms with Crippen LogP contribution in [0.2, 0.25) is 0 Å². The topological polar surface area (TPSA) is 24.9 Å². The maximum absolute atomic E-state index is 6.05. The van der Waals surface area contributed by atoms with Gasteiger partial charge < -0.3 is 19.3 Å². The first-order chi connectivity index (χ1) is 12.3. The number of hydrogen-bond donors (Lipinski definition) is 0. The van der Waals surface area contributed by atoms with Crippen molar-refractivity contribution in [3.63, 3.8) is 0 Å². The zero-order chi connectivity index (χ0) is 17.2. The molecule has 2 aliphatic rings. The molecule has 2 aromatic rings. The van der Waals surface area contributed by atoms with Gasteiger partial charge in [-0.3, -0.25) is 0 Å². The zero-order valence-corrected chi connectivity index (χ0v) is 14.6. The Morgan fingerprint density at radius 3 is 2.40 bits per heavy atom. The van der Waals surface area contributed by atoms with Crippen LogP contribution >= 0.6 is 0 Å². The third-order valence-corrected chi connectivity index (χ3v) is 4.54. The summed E-state index contributed by atoms with van der Waals surface area (Å²) in [6.07, 6.45) is 6.00. The lowest BCUT2D eigenvalue weighted by atomic mass is 10.3. The van der Waals surface area contributed by atoms with Crippen molar-refractivity contribution in [2.75, 3.05) is 22.9 Å². The number of benzene rings is 2. The smallest absolute Gasteiger partial charge is 0.200 e. The van der Waals surface area contributed by atoms with Crippen LogP contribution in [-0.2, 0) is 0 Å². The summed E-state index contributed by atoms with van der Waals surface area (Å²) in [5.74, 6) is 2.69. The Balaban J connectivity index is 1.53. The summed E-state index contributed by atoms with van der Waals surface area (Å²) < 4.78 is 12.0. The first kappa shape index (κ1) is 15.6. The van der Waals surface area contributed by atoms with Crippen molar-refractivity contribution in [3.05, 3.63) is 72.6 Å². The Labute approximate surface area is 148 Å². The molecule has 0 saturated carbocycles.